The van der Waals surface area contributed by atoms with Crippen molar-refractivity contribution >= 4 is 21.6 Å². The van der Waals surface area contributed by atoms with Crippen LogP contribution in [0.4, 0.5) is 0 Å². The molecule has 64 valence electrons. The Labute approximate surface area is 71.4 Å². The van der Waals surface area contributed by atoms with Crippen molar-refractivity contribution in [1.82, 2.24) is 4.90 Å². The summed E-state index contributed by atoms with van der Waals surface area (Å²) in [6.45, 7) is 0.937. The van der Waals surface area contributed by atoms with Crippen molar-refractivity contribution < 1.29 is 8.42 Å². The molecule has 0 aromatic heterocycles. The molecular weight excluding hydrogens is 182 g/mol. The van der Waals surface area contributed by atoms with E-state index in [0.29, 0.717) is 0 Å². The van der Waals surface area contributed by atoms with Crippen molar-refractivity contribution in [2.24, 2.45) is 0 Å². The molecule has 0 radical (unpaired) electrons. The summed E-state index contributed by atoms with van der Waals surface area (Å²) in [5.41, 5.74) is 0. The van der Waals surface area contributed by atoms with E-state index in [-0.39, 0.29) is 0 Å². The lowest BCUT2D eigenvalue weighted by molar-refractivity contribution is 0.493. The molecule has 0 saturated carbocycles. The van der Waals surface area contributed by atoms with E-state index in [1.165, 1.54) is 11.7 Å². The summed E-state index contributed by atoms with van der Waals surface area (Å²) < 4.78 is 21.6. The highest BCUT2D eigenvalue weighted by atomic mass is 32.2. The Hall–Kier alpha value is -0.160. The fourth-order valence-corrected chi connectivity index (χ4v) is 3.04. The molecule has 0 N–H and O–H groups in total. The first-order valence-corrected chi connectivity index (χ1v) is 6.19. The van der Waals surface area contributed by atoms with Crippen LogP contribution in [0.15, 0.2) is 10.4 Å². The van der Waals surface area contributed by atoms with Crippen LogP contribution in [0.1, 0.15) is 0 Å². The average molecular weight is 193 g/mol. The van der Waals surface area contributed by atoms with Crippen LogP contribution >= 0.6 is 11.8 Å². The normalized spacial score (nSPS) is 23.1. The molecular formula is C6H11NO2S2. The van der Waals surface area contributed by atoms with Gasteiger partial charge in [0.15, 0.2) is 9.84 Å². The van der Waals surface area contributed by atoms with Crippen LogP contribution in [0.25, 0.3) is 0 Å². The van der Waals surface area contributed by atoms with Gasteiger partial charge in [0, 0.05) is 25.6 Å². The molecule has 0 bridgehead atoms. The van der Waals surface area contributed by atoms with Gasteiger partial charge in [0.1, 0.15) is 0 Å². The Morgan fingerprint density at radius 3 is 2.64 bits per heavy atom. The standard InChI is InChI=1S/C6H11NO2S2/c1-7-3-4-10-6(7)5-11(2,8)9/h5H,3-4H2,1-2H3/b6-5-. The summed E-state index contributed by atoms with van der Waals surface area (Å²) >= 11 is 1.59. The minimum atomic E-state index is -2.97. The summed E-state index contributed by atoms with van der Waals surface area (Å²) in [6.07, 6.45) is 1.21. The number of hydrogen-bond acceptors (Lipinski definition) is 4. The molecule has 0 amide bonds. The number of sulfone groups is 1. The van der Waals surface area contributed by atoms with Crippen molar-refractivity contribution in [2.75, 3.05) is 25.6 Å². The van der Waals surface area contributed by atoms with Gasteiger partial charge in [0.05, 0.1) is 10.4 Å². The smallest absolute Gasteiger partial charge is 0.171 e. The molecule has 3 nitrogen and oxygen atoms in total. The lowest BCUT2D eigenvalue weighted by Gasteiger charge is -2.09. The molecule has 1 aliphatic rings. The van der Waals surface area contributed by atoms with Crippen LogP contribution < -0.4 is 0 Å². The molecule has 11 heavy (non-hydrogen) atoms. The fraction of sp³-hybridized carbons (Fsp3) is 0.667. The molecule has 5 heteroatoms. The molecule has 0 atom stereocenters. The van der Waals surface area contributed by atoms with E-state index in [1.54, 1.807) is 11.8 Å². The van der Waals surface area contributed by atoms with Crippen molar-refractivity contribution in [3.63, 3.8) is 0 Å². The second-order valence-corrected chi connectivity index (χ2v) is 5.57. The highest BCUT2D eigenvalue weighted by Gasteiger charge is 2.14. The molecule has 1 aliphatic heterocycles. The van der Waals surface area contributed by atoms with Gasteiger partial charge in [-0.3, -0.25) is 0 Å². The van der Waals surface area contributed by atoms with Crippen LogP contribution in [0, 0.1) is 0 Å². The van der Waals surface area contributed by atoms with Gasteiger partial charge in [0.25, 0.3) is 0 Å². The Bertz CT molecular complexity index is 268. The second kappa shape index (κ2) is 3.06. The van der Waals surface area contributed by atoms with Crippen molar-refractivity contribution in [3.05, 3.63) is 10.4 Å². The van der Waals surface area contributed by atoms with Crippen molar-refractivity contribution in [3.8, 4) is 0 Å². The van der Waals surface area contributed by atoms with Crippen molar-refractivity contribution in [2.45, 2.75) is 0 Å². The lowest BCUT2D eigenvalue weighted by Crippen LogP contribution is -2.11. The monoisotopic (exact) mass is 193 g/mol. The maximum Gasteiger partial charge on any atom is 0.171 e. The summed E-state index contributed by atoms with van der Waals surface area (Å²) in [6, 6.07) is 0. The quantitative estimate of drug-likeness (QED) is 0.608. The zero-order chi connectivity index (χ0) is 8.48. The van der Waals surface area contributed by atoms with Crippen LogP contribution in [0.2, 0.25) is 0 Å². The number of nitrogens with zero attached hydrogens (tertiary/aromatic N) is 1. The third kappa shape index (κ3) is 2.75. The topological polar surface area (TPSA) is 37.4 Å². The first kappa shape index (κ1) is 8.93. The summed E-state index contributed by atoms with van der Waals surface area (Å²) in [7, 11) is -1.07. The molecule has 1 fully saturated rings. The summed E-state index contributed by atoms with van der Waals surface area (Å²) in [5.74, 6) is 0.984. The number of hydrogen-bond donors (Lipinski definition) is 0. The maximum atomic E-state index is 10.8. The van der Waals surface area contributed by atoms with E-state index in [1.807, 2.05) is 11.9 Å². The van der Waals surface area contributed by atoms with Gasteiger partial charge in [-0.05, 0) is 0 Å². The predicted octanol–water partition coefficient (Wildman–Crippen LogP) is 0.509. The van der Waals surface area contributed by atoms with E-state index >= 15 is 0 Å². The maximum absolute atomic E-state index is 10.8. The molecule has 0 unspecified atom stereocenters. The van der Waals surface area contributed by atoms with Gasteiger partial charge >= 0.3 is 0 Å². The second-order valence-electron chi connectivity index (χ2n) is 2.56. The first-order chi connectivity index (χ1) is 4.99. The minimum Gasteiger partial charge on any atom is -0.368 e. The third-order valence-electron chi connectivity index (χ3n) is 1.37. The van der Waals surface area contributed by atoms with E-state index in [9.17, 15) is 8.42 Å². The van der Waals surface area contributed by atoms with E-state index in [2.05, 4.69) is 0 Å². The van der Waals surface area contributed by atoms with E-state index in [4.69, 9.17) is 0 Å². The largest absolute Gasteiger partial charge is 0.368 e. The molecule has 1 saturated heterocycles. The number of rotatable bonds is 1. The number of thioether (sulfide) groups is 1. The SMILES string of the molecule is CN1CCS/C1=C\S(C)(=O)=O. The average Bonchev–Trinajstić information content (AvgIpc) is 2.12. The van der Waals surface area contributed by atoms with Gasteiger partial charge in [-0.15, -0.1) is 11.8 Å². The Balaban J connectivity index is 2.82. The minimum absolute atomic E-state index is 0.854. The molecule has 0 spiro atoms. The highest BCUT2D eigenvalue weighted by molar-refractivity contribution is 8.04. The molecule has 1 rings (SSSR count). The highest BCUT2D eigenvalue weighted by Crippen LogP contribution is 2.26. The summed E-state index contributed by atoms with van der Waals surface area (Å²) in [5, 5.41) is 2.18. The van der Waals surface area contributed by atoms with E-state index < -0.39 is 9.84 Å². The molecule has 1 heterocycles. The lowest BCUT2D eigenvalue weighted by atomic mass is 10.7. The van der Waals surface area contributed by atoms with Crippen LogP contribution in [0.3, 0.4) is 0 Å². The predicted molar refractivity (Wildman–Crippen MR) is 48.0 cm³/mol. The Morgan fingerprint density at radius 2 is 2.27 bits per heavy atom. The zero-order valence-corrected chi connectivity index (χ0v) is 8.20. The third-order valence-corrected chi connectivity index (χ3v) is 3.28. The van der Waals surface area contributed by atoms with Crippen LogP contribution in [-0.4, -0.2) is 38.9 Å². The Morgan fingerprint density at radius 1 is 1.64 bits per heavy atom. The van der Waals surface area contributed by atoms with E-state index in [0.717, 1.165) is 17.3 Å². The van der Waals surface area contributed by atoms with Crippen LogP contribution in [-0.2, 0) is 9.84 Å². The fourth-order valence-electron chi connectivity index (χ4n) is 0.815. The zero-order valence-electron chi connectivity index (χ0n) is 6.57. The van der Waals surface area contributed by atoms with Gasteiger partial charge in [-0.1, -0.05) is 0 Å². The molecule has 0 aliphatic carbocycles. The van der Waals surface area contributed by atoms with Gasteiger partial charge in [-0.2, -0.15) is 0 Å². The summed E-state index contributed by atoms with van der Waals surface area (Å²) in [4.78, 5) is 1.95. The van der Waals surface area contributed by atoms with Gasteiger partial charge in [-0.25, -0.2) is 8.42 Å². The molecule has 0 aromatic carbocycles. The van der Waals surface area contributed by atoms with Gasteiger partial charge < -0.3 is 4.90 Å². The first-order valence-electron chi connectivity index (χ1n) is 3.25. The van der Waals surface area contributed by atoms with Crippen molar-refractivity contribution in [1.29, 1.82) is 0 Å². The molecule has 0 aromatic rings. The van der Waals surface area contributed by atoms with Crippen LogP contribution in [0.5, 0.6) is 0 Å². The van der Waals surface area contributed by atoms with Gasteiger partial charge in [0.2, 0.25) is 0 Å². The Kier molecular flexibility index (Phi) is 2.49.